The fourth-order valence-corrected chi connectivity index (χ4v) is 7.41. The first kappa shape index (κ1) is 27.5. The second-order valence-electron chi connectivity index (χ2n) is 12.5. The molecule has 10 aromatic rings. The summed E-state index contributed by atoms with van der Waals surface area (Å²) >= 11 is 0. The van der Waals surface area contributed by atoms with E-state index in [9.17, 15) is 0 Å². The van der Waals surface area contributed by atoms with Crippen molar-refractivity contribution in [2.24, 2.45) is 0 Å². The summed E-state index contributed by atoms with van der Waals surface area (Å²) in [5.74, 6) is 0. The number of nitrogens with zero attached hydrogens (tertiary/aromatic N) is 1. The molecule has 0 saturated carbocycles. The highest BCUT2D eigenvalue weighted by molar-refractivity contribution is 6.15. The number of rotatable bonds is 5. The molecule has 0 saturated heterocycles. The second kappa shape index (κ2) is 11.0. The molecule has 10 rings (SSSR count). The van der Waals surface area contributed by atoms with Crippen LogP contribution in [0.5, 0.6) is 0 Å². The summed E-state index contributed by atoms with van der Waals surface area (Å²) < 4.78 is 13.6. The van der Waals surface area contributed by atoms with E-state index in [2.05, 4.69) is 163 Å². The maximum Gasteiger partial charge on any atom is 0.159 e. The largest absolute Gasteiger partial charge is 0.454 e. The van der Waals surface area contributed by atoms with Crippen LogP contribution in [0.15, 0.2) is 185 Å². The minimum Gasteiger partial charge on any atom is -0.454 e. The average Bonchev–Trinajstić information content (AvgIpc) is 3.75. The van der Waals surface area contributed by atoms with Crippen LogP contribution in [0.3, 0.4) is 0 Å². The third kappa shape index (κ3) is 4.37. The minimum atomic E-state index is 0.826. The summed E-state index contributed by atoms with van der Waals surface area (Å²) in [5, 5.41) is 6.80. The van der Waals surface area contributed by atoms with Crippen molar-refractivity contribution in [3.63, 3.8) is 0 Å². The molecule has 0 unspecified atom stereocenters. The zero-order chi connectivity index (χ0) is 32.3. The summed E-state index contributed by atoms with van der Waals surface area (Å²) in [6, 6.07) is 61.8. The maximum atomic E-state index is 6.93. The van der Waals surface area contributed by atoms with Crippen molar-refractivity contribution in [3.05, 3.63) is 176 Å². The molecule has 2 heterocycles. The zero-order valence-electron chi connectivity index (χ0n) is 26.5. The van der Waals surface area contributed by atoms with Gasteiger partial charge in [0.15, 0.2) is 11.2 Å². The highest BCUT2D eigenvalue weighted by Gasteiger charge is 2.24. The Morgan fingerprint density at radius 1 is 0.327 bits per heavy atom. The lowest BCUT2D eigenvalue weighted by molar-refractivity contribution is 0.666. The molecule has 0 spiro atoms. The Kier molecular flexibility index (Phi) is 6.18. The number of hydrogen-bond donors (Lipinski definition) is 0. The van der Waals surface area contributed by atoms with Gasteiger partial charge in [0.1, 0.15) is 11.2 Å². The molecule has 0 aliphatic carbocycles. The zero-order valence-corrected chi connectivity index (χ0v) is 26.5. The van der Waals surface area contributed by atoms with Crippen molar-refractivity contribution in [1.82, 2.24) is 0 Å². The predicted molar refractivity (Wildman–Crippen MR) is 204 cm³/mol. The molecule has 0 aliphatic heterocycles. The summed E-state index contributed by atoms with van der Waals surface area (Å²) in [7, 11) is 0. The van der Waals surface area contributed by atoms with Crippen LogP contribution in [0.4, 0.5) is 17.1 Å². The third-order valence-electron chi connectivity index (χ3n) is 9.68. The Morgan fingerprint density at radius 2 is 0.857 bits per heavy atom. The van der Waals surface area contributed by atoms with E-state index in [0.29, 0.717) is 0 Å². The summed E-state index contributed by atoms with van der Waals surface area (Å²) in [6.45, 7) is 0. The Morgan fingerprint density at radius 3 is 1.65 bits per heavy atom. The molecule has 3 nitrogen and oxygen atoms in total. The second-order valence-corrected chi connectivity index (χ2v) is 12.5. The van der Waals surface area contributed by atoms with Gasteiger partial charge in [0.2, 0.25) is 0 Å². The van der Waals surface area contributed by atoms with Crippen molar-refractivity contribution in [3.8, 4) is 22.3 Å². The summed E-state index contributed by atoms with van der Waals surface area (Å²) in [6.07, 6.45) is 0. The fraction of sp³-hybridized carbons (Fsp3) is 0. The first-order chi connectivity index (χ1) is 24.3. The van der Waals surface area contributed by atoms with Crippen LogP contribution in [0, 0.1) is 0 Å². The van der Waals surface area contributed by atoms with Crippen LogP contribution in [-0.4, -0.2) is 0 Å². The Hall–Kier alpha value is -6.58. The van der Waals surface area contributed by atoms with Crippen molar-refractivity contribution < 1.29 is 8.83 Å². The van der Waals surface area contributed by atoms with Crippen molar-refractivity contribution in [2.45, 2.75) is 0 Å². The predicted octanol–water partition coefficient (Wildman–Crippen LogP) is 13.4. The van der Waals surface area contributed by atoms with Crippen molar-refractivity contribution in [2.75, 3.05) is 4.90 Å². The number of para-hydroxylation sites is 4. The van der Waals surface area contributed by atoms with E-state index >= 15 is 0 Å². The molecule has 0 fully saturated rings. The molecule has 0 amide bonds. The van der Waals surface area contributed by atoms with E-state index in [4.69, 9.17) is 8.83 Å². The van der Waals surface area contributed by atoms with Gasteiger partial charge in [-0.15, -0.1) is 0 Å². The van der Waals surface area contributed by atoms with Gasteiger partial charge in [-0.2, -0.15) is 0 Å². The van der Waals surface area contributed by atoms with Crippen molar-refractivity contribution >= 4 is 71.7 Å². The number of benzene rings is 8. The molecule has 8 aromatic carbocycles. The normalized spacial score (nSPS) is 11.7. The van der Waals surface area contributed by atoms with Gasteiger partial charge in [-0.1, -0.05) is 146 Å². The maximum absolute atomic E-state index is 6.93. The number of fused-ring (bicyclic) bond motifs is 7. The molecular weight excluding hydrogens is 599 g/mol. The van der Waals surface area contributed by atoms with Crippen molar-refractivity contribution in [1.29, 1.82) is 0 Å². The average molecular weight is 628 g/mol. The van der Waals surface area contributed by atoms with E-state index in [-0.39, 0.29) is 0 Å². The molecule has 0 bridgehead atoms. The van der Waals surface area contributed by atoms with Gasteiger partial charge >= 0.3 is 0 Å². The van der Waals surface area contributed by atoms with Gasteiger partial charge in [-0.05, 0) is 57.8 Å². The molecule has 0 radical (unpaired) electrons. The van der Waals surface area contributed by atoms with Crippen LogP contribution in [0.1, 0.15) is 0 Å². The molecule has 0 N–H and O–H groups in total. The van der Waals surface area contributed by atoms with Gasteiger partial charge < -0.3 is 13.7 Å². The molecule has 0 atom stereocenters. The van der Waals surface area contributed by atoms with E-state index in [1.807, 2.05) is 18.2 Å². The highest BCUT2D eigenvalue weighted by atomic mass is 16.3. The van der Waals surface area contributed by atoms with Crippen LogP contribution in [0.25, 0.3) is 76.9 Å². The van der Waals surface area contributed by atoms with E-state index < -0.39 is 0 Å². The van der Waals surface area contributed by atoms with Gasteiger partial charge in [0.25, 0.3) is 0 Å². The minimum absolute atomic E-state index is 0.826. The van der Waals surface area contributed by atoms with Gasteiger partial charge in [0, 0.05) is 32.8 Å². The Balaban J connectivity index is 1.22. The number of anilines is 3. The van der Waals surface area contributed by atoms with Gasteiger partial charge in [0.05, 0.1) is 11.4 Å². The number of furan rings is 2. The van der Waals surface area contributed by atoms with Crippen LogP contribution in [-0.2, 0) is 0 Å². The van der Waals surface area contributed by atoms with Crippen LogP contribution in [0.2, 0.25) is 0 Å². The Bertz CT molecular complexity index is 2820. The molecule has 0 aliphatic rings. The van der Waals surface area contributed by atoms with Crippen LogP contribution < -0.4 is 4.90 Å². The summed E-state index contributed by atoms with van der Waals surface area (Å²) in [4.78, 5) is 2.28. The number of hydrogen-bond acceptors (Lipinski definition) is 3. The van der Waals surface area contributed by atoms with E-state index in [1.165, 1.54) is 16.3 Å². The highest BCUT2D eigenvalue weighted by Crippen LogP contribution is 2.47. The monoisotopic (exact) mass is 627 g/mol. The standard InChI is InChI=1S/C46H29NO2/c1-2-12-31(13-3-1)36-19-9-20-39-40-22-11-24-42(46(40)49-44(36)39)47(41-23-10-21-38-37-17-6-7-25-43(37)48-45(38)41)33-28-26-32(27-29-33)35-18-8-15-30-14-4-5-16-34(30)35/h1-29H. The van der Waals surface area contributed by atoms with Gasteiger partial charge in [-0.25, -0.2) is 0 Å². The smallest absolute Gasteiger partial charge is 0.159 e. The molecule has 230 valence electrons. The lowest BCUT2D eigenvalue weighted by Crippen LogP contribution is -2.10. The quantitative estimate of drug-likeness (QED) is 0.190. The molecule has 3 heteroatoms. The Labute approximate surface area is 282 Å². The lowest BCUT2D eigenvalue weighted by Gasteiger charge is -2.26. The van der Waals surface area contributed by atoms with E-state index in [1.54, 1.807) is 0 Å². The third-order valence-corrected chi connectivity index (χ3v) is 9.68. The molecule has 49 heavy (non-hydrogen) atoms. The first-order valence-electron chi connectivity index (χ1n) is 16.6. The summed E-state index contributed by atoms with van der Waals surface area (Å²) in [5.41, 5.74) is 10.9. The SMILES string of the molecule is c1ccc(-c2cccc3c2oc2c(N(c4ccc(-c5cccc6ccccc56)cc4)c4cccc5c4oc4ccccc45)cccc23)cc1. The topological polar surface area (TPSA) is 29.5 Å². The fourth-order valence-electron chi connectivity index (χ4n) is 7.41. The van der Waals surface area contributed by atoms with Gasteiger partial charge in [-0.3, -0.25) is 0 Å². The first-order valence-corrected chi connectivity index (χ1v) is 16.6. The van der Waals surface area contributed by atoms with E-state index in [0.717, 1.165) is 77.6 Å². The molecule has 2 aromatic heterocycles. The lowest BCUT2D eigenvalue weighted by atomic mass is 9.98. The van der Waals surface area contributed by atoms with Crippen LogP contribution >= 0.6 is 0 Å². The molecular formula is C46H29NO2.